The molecular weight excluding hydrogens is 369 g/mol. The first-order valence-electron chi connectivity index (χ1n) is 10.1. The number of allylic oxidation sites excluding steroid dienone is 2. The van der Waals surface area contributed by atoms with Gasteiger partial charge in [-0.25, -0.2) is 4.39 Å². The van der Waals surface area contributed by atoms with Crippen molar-refractivity contribution in [3.8, 4) is 5.75 Å². The minimum absolute atomic E-state index is 0.0503. The number of carbonyl (C=O) groups is 2. The largest absolute Gasteiger partial charge is 0.494 e. The predicted molar refractivity (Wildman–Crippen MR) is 108 cm³/mol. The highest BCUT2D eigenvalue weighted by molar-refractivity contribution is 6.02. The Kier molecular flexibility index (Phi) is 5.47. The van der Waals surface area contributed by atoms with E-state index in [0.29, 0.717) is 30.7 Å². The van der Waals surface area contributed by atoms with Crippen LogP contribution in [-0.2, 0) is 9.59 Å². The van der Waals surface area contributed by atoms with Gasteiger partial charge in [-0.2, -0.15) is 0 Å². The predicted octanol–water partition coefficient (Wildman–Crippen LogP) is 4.62. The van der Waals surface area contributed by atoms with Gasteiger partial charge in [-0.05, 0) is 54.2 Å². The Labute approximate surface area is 169 Å². The number of nitrogens with one attached hydrogen (secondary N) is 1. The maximum absolute atomic E-state index is 13.2. The van der Waals surface area contributed by atoms with Gasteiger partial charge in [-0.1, -0.05) is 31.2 Å². The van der Waals surface area contributed by atoms with Crippen molar-refractivity contribution in [3.05, 3.63) is 76.7 Å². The van der Waals surface area contributed by atoms with E-state index < -0.39 is 0 Å². The second-order valence-electron chi connectivity index (χ2n) is 7.69. The molecule has 0 bridgehead atoms. The lowest BCUT2D eigenvalue weighted by molar-refractivity contribution is -0.122. The van der Waals surface area contributed by atoms with E-state index in [2.05, 4.69) is 12.2 Å². The zero-order chi connectivity index (χ0) is 20.4. The molecule has 2 aromatic rings. The molecule has 150 valence electrons. The van der Waals surface area contributed by atoms with Crippen molar-refractivity contribution in [2.24, 2.45) is 0 Å². The van der Waals surface area contributed by atoms with Crippen LogP contribution < -0.4 is 10.1 Å². The van der Waals surface area contributed by atoms with Crippen LogP contribution in [0.5, 0.6) is 5.75 Å². The molecule has 29 heavy (non-hydrogen) atoms. The molecule has 1 aliphatic heterocycles. The lowest BCUT2D eigenvalue weighted by Gasteiger charge is -2.34. The molecule has 2 aromatic carbocycles. The molecule has 5 heteroatoms. The summed E-state index contributed by atoms with van der Waals surface area (Å²) in [4.78, 5) is 25.4. The molecule has 2 atom stereocenters. The van der Waals surface area contributed by atoms with Crippen LogP contribution in [0.4, 0.5) is 4.39 Å². The molecular formula is C24H24FNO3. The SMILES string of the molecule is CCCOc1ccc(C2CC(=O)NC3=C2C(=O)CC(c2ccc(F)cc2)C3)cc1. The number of amides is 1. The molecule has 0 saturated heterocycles. The molecule has 0 aromatic heterocycles. The van der Waals surface area contributed by atoms with Crippen molar-refractivity contribution in [2.75, 3.05) is 6.61 Å². The van der Waals surface area contributed by atoms with Crippen LogP contribution in [-0.4, -0.2) is 18.3 Å². The summed E-state index contributed by atoms with van der Waals surface area (Å²) in [5.74, 6) is 0.181. The number of ketones is 1. The van der Waals surface area contributed by atoms with Gasteiger partial charge in [0.25, 0.3) is 0 Å². The molecule has 1 aliphatic carbocycles. The molecule has 0 saturated carbocycles. The van der Waals surface area contributed by atoms with E-state index in [1.807, 2.05) is 24.3 Å². The Bertz CT molecular complexity index is 947. The Morgan fingerprint density at radius 1 is 0.966 bits per heavy atom. The van der Waals surface area contributed by atoms with Gasteiger partial charge in [0.05, 0.1) is 6.61 Å². The van der Waals surface area contributed by atoms with Crippen molar-refractivity contribution in [1.29, 1.82) is 0 Å². The Balaban J connectivity index is 1.62. The third-order valence-electron chi connectivity index (χ3n) is 5.63. The first kappa shape index (κ1) is 19.4. The molecule has 4 nitrogen and oxygen atoms in total. The van der Waals surface area contributed by atoms with Gasteiger partial charge in [0.1, 0.15) is 11.6 Å². The van der Waals surface area contributed by atoms with Crippen LogP contribution in [0.25, 0.3) is 0 Å². The van der Waals surface area contributed by atoms with E-state index in [-0.39, 0.29) is 35.8 Å². The van der Waals surface area contributed by atoms with Gasteiger partial charge in [-0.3, -0.25) is 9.59 Å². The number of carbonyl (C=O) groups excluding carboxylic acids is 2. The van der Waals surface area contributed by atoms with Gasteiger partial charge < -0.3 is 10.1 Å². The number of Topliss-reactive ketones (excluding diaryl/α,β-unsaturated/α-hetero) is 1. The van der Waals surface area contributed by atoms with Gasteiger partial charge >= 0.3 is 0 Å². The zero-order valence-electron chi connectivity index (χ0n) is 16.4. The lowest BCUT2D eigenvalue weighted by atomic mass is 9.73. The Morgan fingerprint density at radius 2 is 1.66 bits per heavy atom. The number of ether oxygens (including phenoxy) is 1. The molecule has 0 spiro atoms. The van der Waals surface area contributed by atoms with E-state index >= 15 is 0 Å². The smallest absolute Gasteiger partial charge is 0.225 e. The molecule has 0 radical (unpaired) electrons. The minimum atomic E-state index is -0.298. The number of benzene rings is 2. The van der Waals surface area contributed by atoms with Crippen LogP contribution in [0.2, 0.25) is 0 Å². The first-order valence-corrected chi connectivity index (χ1v) is 10.1. The number of halogens is 1. The highest BCUT2D eigenvalue weighted by Crippen LogP contribution is 2.42. The number of hydrogen-bond donors (Lipinski definition) is 1. The molecule has 4 rings (SSSR count). The van der Waals surface area contributed by atoms with Crippen molar-refractivity contribution < 1.29 is 18.7 Å². The summed E-state index contributed by atoms with van der Waals surface area (Å²) in [5, 5.41) is 2.92. The van der Waals surface area contributed by atoms with Crippen LogP contribution >= 0.6 is 0 Å². The van der Waals surface area contributed by atoms with E-state index in [0.717, 1.165) is 23.3 Å². The maximum atomic E-state index is 13.2. The average molecular weight is 393 g/mol. The standard InChI is InChI=1S/C24H24FNO3/c1-2-11-29-19-9-5-16(6-10-19)20-14-23(28)26-21-12-17(13-22(27)24(20)21)15-3-7-18(25)8-4-15/h3-10,17,20H,2,11-14H2,1H3,(H,26,28). The molecule has 2 aliphatic rings. The Morgan fingerprint density at radius 3 is 2.34 bits per heavy atom. The number of rotatable bonds is 5. The van der Waals surface area contributed by atoms with E-state index in [9.17, 15) is 14.0 Å². The summed E-state index contributed by atoms with van der Waals surface area (Å²) in [7, 11) is 0. The summed E-state index contributed by atoms with van der Waals surface area (Å²) < 4.78 is 18.9. The number of hydrogen-bond acceptors (Lipinski definition) is 3. The molecule has 1 amide bonds. The second kappa shape index (κ2) is 8.19. The first-order chi connectivity index (χ1) is 14.0. The second-order valence-corrected chi connectivity index (χ2v) is 7.69. The summed E-state index contributed by atoms with van der Waals surface area (Å²) in [6, 6.07) is 13.9. The Hall–Kier alpha value is -2.95. The molecule has 1 N–H and O–H groups in total. The summed E-state index contributed by atoms with van der Waals surface area (Å²) in [5.41, 5.74) is 3.29. The van der Waals surface area contributed by atoms with Crippen molar-refractivity contribution in [1.82, 2.24) is 5.32 Å². The summed E-state index contributed by atoms with van der Waals surface area (Å²) >= 11 is 0. The van der Waals surface area contributed by atoms with E-state index in [4.69, 9.17) is 4.74 Å². The third kappa shape index (κ3) is 4.09. The quantitative estimate of drug-likeness (QED) is 0.807. The highest BCUT2D eigenvalue weighted by Gasteiger charge is 2.38. The van der Waals surface area contributed by atoms with Gasteiger partial charge in [0.15, 0.2) is 5.78 Å². The van der Waals surface area contributed by atoms with Gasteiger partial charge in [0.2, 0.25) is 5.91 Å². The lowest BCUT2D eigenvalue weighted by Crippen LogP contribution is -2.38. The van der Waals surface area contributed by atoms with Gasteiger partial charge in [0, 0.05) is 30.0 Å². The zero-order valence-corrected chi connectivity index (χ0v) is 16.4. The summed E-state index contributed by atoms with van der Waals surface area (Å²) in [6.45, 7) is 2.71. The fraction of sp³-hybridized carbons (Fsp3) is 0.333. The van der Waals surface area contributed by atoms with E-state index in [1.165, 1.54) is 12.1 Å². The average Bonchev–Trinajstić information content (AvgIpc) is 2.72. The van der Waals surface area contributed by atoms with Crippen LogP contribution in [0.1, 0.15) is 55.6 Å². The van der Waals surface area contributed by atoms with Gasteiger partial charge in [-0.15, -0.1) is 0 Å². The van der Waals surface area contributed by atoms with Crippen LogP contribution in [0, 0.1) is 5.82 Å². The maximum Gasteiger partial charge on any atom is 0.225 e. The van der Waals surface area contributed by atoms with Crippen molar-refractivity contribution in [2.45, 2.75) is 44.4 Å². The molecule has 2 unspecified atom stereocenters. The van der Waals surface area contributed by atoms with E-state index in [1.54, 1.807) is 12.1 Å². The minimum Gasteiger partial charge on any atom is -0.494 e. The topological polar surface area (TPSA) is 55.4 Å². The normalized spacial score (nSPS) is 21.6. The van der Waals surface area contributed by atoms with Crippen molar-refractivity contribution >= 4 is 11.7 Å². The molecule has 1 heterocycles. The fourth-order valence-electron chi connectivity index (χ4n) is 4.23. The van der Waals surface area contributed by atoms with Crippen LogP contribution in [0.3, 0.4) is 0 Å². The van der Waals surface area contributed by atoms with Crippen molar-refractivity contribution in [3.63, 3.8) is 0 Å². The third-order valence-corrected chi connectivity index (χ3v) is 5.63. The highest BCUT2D eigenvalue weighted by atomic mass is 19.1. The van der Waals surface area contributed by atoms with Crippen LogP contribution in [0.15, 0.2) is 59.8 Å². The monoisotopic (exact) mass is 393 g/mol. The fourth-order valence-corrected chi connectivity index (χ4v) is 4.23. The molecule has 0 fully saturated rings. The summed E-state index contributed by atoms with van der Waals surface area (Å²) in [6.07, 6.45) is 2.15.